The van der Waals surface area contributed by atoms with Crippen molar-refractivity contribution in [3.05, 3.63) is 45.4 Å². The number of carbonyl (C=O) groups excluding carboxylic acids is 1. The number of halogens is 1. The van der Waals surface area contributed by atoms with E-state index < -0.39 is 0 Å². The van der Waals surface area contributed by atoms with Gasteiger partial charge in [0, 0.05) is 9.85 Å². The molecule has 0 saturated heterocycles. The molecule has 1 aliphatic rings. The van der Waals surface area contributed by atoms with Crippen LogP contribution in [0.1, 0.15) is 28.9 Å². The predicted octanol–water partition coefficient (Wildman–Crippen LogP) is 2.72. The summed E-state index contributed by atoms with van der Waals surface area (Å²) in [5.41, 5.74) is 1.31. The highest BCUT2D eigenvalue weighted by molar-refractivity contribution is 9.10. The smallest absolute Gasteiger partial charge is 0.273 e. The van der Waals surface area contributed by atoms with Crippen molar-refractivity contribution in [3.8, 4) is 0 Å². The molecule has 18 heavy (non-hydrogen) atoms. The van der Waals surface area contributed by atoms with E-state index >= 15 is 0 Å². The summed E-state index contributed by atoms with van der Waals surface area (Å²) in [6.07, 6.45) is 1.93. The first-order valence-corrected chi connectivity index (χ1v) is 7.18. The van der Waals surface area contributed by atoms with E-state index in [0.717, 1.165) is 22.9 Å². The van der Waals surface area contributed by atoms with Crippen LogP contribution in [0, 0.1) is 0 Å². The predicted molar refractivity (Wildman–Crippen MR) is 72.4 cm³/mol. The van der Waals surface area contributed by atoms with Crippen LogP contribution in [0.25, 0.3) is 0 Å². The van der Waals surface area contributed by atoms with E-state index in [1.54, 1.807) is 5.38 Å². The standard InChI is InChI=1S/C12H10BrN3OS/c13-9-3-1-2-8(6-9)12(4-5-12)14-11(17)10-7-18-16-15-10/h1-3,6-7H,4-5H2,(H,14,17). The normalized spacial score (nSPS) is 16.3. The van der Waals surface area contributed by atoms with Gasteiger partial charge in [0.05, 0.1) is 5.54 Å². The van der Waals surface area contributed by atoms with Gasteiger partial charge in [-0.05, 0) is 42.1 Å². The number of carbonyl (C=O) groups is 1. The summed E-state index contributed by atoms with van der Waals surface area (Å²) in [7, 11) is 0. The molecular weight excluding hydrogens is 314 g/mol. The van der Waals surface area contributed by atoms with Crippen LogP contribution < -0.4 is 5.32 Å². The van der Waals surface area contributed by atoms with Gasteiger partial charge in [-0.15, -0.1) is 5.10 Å². The third kappa shape index (κ3) is 2.18. The SMILES string of the molecule is O=C(NC1(c2cccc(Br)c2)CC1)c1csnn1. The number of hydrogen-bond donors (Lipinski definition) is 1. The third-order valence-corrected chi connectivity index (χ3v) is 4.07. The fourth-order valence-corrected chi connectivity index (χ4v) is 2.78. The van der Waals surface area contributed by atoms with Gasteiger partial charge in [-0.1, -0.05) is 32.6 Å². The fraction of sp³-hybridized carbons (Fsp3) is 0.250. The molecule has 0 unspecified atom stereocenters. The highest BCUT2D eigenvalue weighted by Crippen LogP contribution is 2.46. The van der Waals surface area contributed by atoms with Gasteiger partial charge in [0.15, 0.2) is 5.69 Å². The maximum Gasteiger partial charge on any atom is 0.273 e. The van der Waals surface area contributed by atoms with Gasteiger partial charge in [-0.3, -0.25) is 4.79 Å². The minimum atomic E-state index is -0.218. The maximum atomic E-state index is 12.0. The first-order chi connectivity index (χ1) is 8.70. The molecule has 3 rings (SSSR count). The molecule has 1 amide bonds. The third-order valence-electron chi connectivity index (χ3n) is 3.07. The lowest BCUT2D eigenvalue weighted by molar-refractivity contribution is 0.0925. The summed E-state index contributed by atoms with van der Waals surface area (Å²) in [4.78, 5) is 12.0. The second kappa shape index (κ2) is 4.44. The Hall–Kier alpha value is -1.27. The topological polar surface area (TPSA) is 54.9 Å². The number of rotatable bonds is 3. The van der Waals surface area contributed by atoms with E-state index in [9.17, 15) is 4.79 Å². The Morgan fingerprint density at radius 1 is 1.44 bits per heavy atom. The number of hydrogen-bond acceptors (Lipinski definition) is 4. The number of nitrogens with one attached hydrogen (secondary N) is 1. The van der Waals surface area contributed by atoms with Crippen molar-refractivity contribution in [2.45, 2.75) is 18.4 Å². The summed E-state index contributed by atoms with van der Waals surface area (Å²) in [5.74, 6) is -0.152. The molecule has 1 saturated carbocycles. The molecule has 0 atom stereocenters. The van der Waals surface area contributed by atoms with Gasteiger partial charge in [-0.25, -0.2) is 0 Å². The highest BCUT2D eigenvalue weighted by Gasteiger charge is 2.46. The number of nitrogens with zero attached hydrogens (tertiary/aromatic N) is 2. The first kappa shape index (κ1) is 11.8. The summed E-state index contributed by atoms with van der Waals surface area (Å²) >= 11 is 4.64. The van der Waals surface area contributed by atoms with E-state index in [-0.39, 0.29) is 11.4 Å². The quantitative estimate of drug-likeness (QED) is 0.944. The van der Waals surface area contributed by atoms with Crippen molar-refractivity contribution in [1.29, 1.82) is 0 Å². The molecule has 1 aromatic heterocycles. The van der Waals surface area contributed by atoms with Gasteiger partial charge < -0.3 is 5.32 Å². The number of aromatic nitrogens is 2. The van der Waals surface area contributed by atoms with Crippen molar-refractivity contribution in [2.24, 2.45) is 0 Å². The number of benzene rings is 1. The molecule has 1 fully saturated rings. The van der Waals surface area contributed by atoms with E-state index in [4.69, 9.17) is 0 Å². The second-order valence-electron chi connectivity index (χ2n) is 4.34. The van der Waals surface area contributed by atoms with Crippen molar-refractivity contribution in [1.82, 2.24) is 14.9 Å². The molecule has 0 bridgehead atoms. The van der Waals surface area contributed by atoms with Gasteiger partial charge in [0.1, 0.15) is 0 Å². The van der Waals surface area contributed by atoms with Crippen LogP contribution in [0.2, 0.25) is 0 Å². The Morgan fingerprint density at radius 3 is 2.89 bits per heavy atom. The minimum Gasteiger partial charge on any atom is -0.341 e. The highest BCUT2D eigenvalue weighted by atomic mass is 79.9. The summed E-state index contributed by atoms with van der Waals surface area (Å²) in [6, 6.07) is 8.05. The van der Waals surface area contributed by atoms with Crippen LogP contribution in [0.15, 0.2) is 34.1 Å². The van der Waals surface area contributed by atoms with Gasteiger partial charge in [0.25, 0.3) is 5.91 Å². The zero-order valence-electron chi connectivity index (χ0n) is 9.39. The molecule has 1 aromatic carbocycles. The zero-order valence-corrected chi connectivity index (χ0v) is 11.8. The lowest BCUT2D eigenvalue weighted by Crippen LogP contribution is -2.35. The van der Waals surface area contributed by atoms with Crippen LogP contribution in [0.4, 0.5) is 0 Å². The van der Waals surface area contributed by atoms with Crippen LogP contribution in [-0.4, -0.2) is 15.5 Å². The fourth-order valence-electron chi connectivity index (χ4n) is 1.94. The molecule has 1 heterocycles. The largest absolute Gasteiger partial charge is 0.341 e. The molecule has 4 nitrogen and oxygen atoms in total. The average molecular weight is 324 g/mol. The van der Waals surface area contributed by atoms with Crippen molar-refractivity contribution >= 4 is 33.4 Å². The monoisotopic (exact) mass is 323 g/mol. The van der Waals surface area contributed by atoms with E-state index in [0.29, 0.717) is 5.69 Å². The summed E-state index contributed by atoms with van der Waals surface area (Å²) in [5, 5.41) is 8.50. The number of amides is 1. The molecule has 2 aromatic rings. The average Bonchev–Trinajstić information content (AvgIpc) is 2.93. The van der Waals surface area contributed by atoms with Gasteiger partial charge in [-0.2, -0.15) is 0 Å². The zero-order chi connectivity index (χ0) is 12.6. The van der Waals surface area contributed by atoms with Crippen LogP contribution >= 0.6 is 27.5 Å². The Balaban J connectivity index is 1.82. The molecular formula is C12H10BrN3OS. The Bertz CT molecular complexity index is 581. The lowest BCUT2D eigenvalue weighted by Gasteiger charge is -2.17. The molecule has 92 valence electrons. The molecule has 0 spiro atoms. The molecule has 6 heteroatoms. The molecule has 1 aliphatic carbocycles. The van der Waals surface area contributed by atoms with Gasteiger partial charge in [0.2, 0.25) is 0 Å². The van der Waals surface area contributed by atoms with Crippen molar-refractivity contribution < 1.29 is 4.79 Å². The Labute approximate surface area is 117 Å². The minimum absolute atomic E-state index is 0.152. The summed E-state index contributed by atoms with van der Waals surface area (Å²) < 4.78 is 4.73. The molecule has 0 radical (unpaired) electrons. The second-order valence-corrected chi connectivity index (χ2v) is 5.86. The van der Waals surface area contributed by atoms with Crippen molar-refractivity contribution in [3.63, 3.8) is 0 Å². The van der Waals surface area contributed by atoms with Crippen molar-refractivity contribution in [2.75, 3.05) is 0 Å². The van der Waals surface area contributed by atoms with Crippen LogP contribution in [0.5, 0.6) is 0 Å². The lowest BCUT2D eigenvalue weighted by atomic mass is 10.1. The van der Waals surface area contributed by atoms with E-state index in [1.807, 2.05) is 24.3 Å². The van der Waals surface area contributed by atoms with E-state index in [1.165, 1.54) is 11.5 Å². The molecule has 1 N–H and O–H groups in total. The van der Waals surface area contributed by atoms with Crippen LogP contribution in [0.3, 0.4) is 0 Å². The van der Waals surface area contributed by atoms with Gasteiger partial charge >= 0.3 is 0 Å². The maximum absolute atomic E-state index is 12.0. The Kier molecular flexibility index (Phi) is 2.91. The molecule has 0 aliphatic heterocycles. The summed E-state index contributed by atoms with van der Waals surface area (Å²) in [6.45, 7) is 0. The van der Waals surface area contributed by atoms with E-state index in [2.05, 4.69) is 30.8 Å². The first-order valence-electron chi connectivity index (χ1n) is 5.55. The Morgan fingerprint density at radius 2 is 2.28 bits per heavy atom. The van der Waals surface area contributed by atoms with Crippen LogP contribution in [-0.2, 0) is 5.54 Å².